The lowest BCUT2D eigenvalue weighted by Gasteiger charge is -2.04. The highest BCUT2D eigenvalue weighted by molar-refractivity contribution is 5.94. The number of hydrogen-bond acceptors (Lipinski definition) is 4. The number of ether oxygens (including phenoxy) is 1. The maximum Gasteiger partial charge on any atom is 0.185 e. The van der Waals surface area contributed by atoms with E-state index in [4.69, 9.17) is 9.26 Å². The SMILES string of the molecule is O=C(CCC1CCOC1)c1cc(C(F)c2ccccc2)on1. The van der Waals surface area contributed by atoms with Crippen LogP contribution < -0.4 is 0 Å². The van der Waals surface area contributed by atoms with Crippen molar-refractivity contribution < 1.29 is 18.4 Å². The summed E-state index contributed by atoms with van der Waals surface area (Å²) in [5.41, 5.74) is 0.688. The largest absolute Gasteiger partial charge is 0.381 e. The summed E-state index contributed by atoms with van der Waals surface area (Å²) >= 11 is 0. The van der Waals surface area contributed by atoms with Gasteiger partial charge in [0.1, 0.15) is 5.69 Å². The molecule has 0 aliphatic carbocycles. The third-order valence-electron chi connectivity index (χ3n) is 3.96. The monoisotopic (exact) mass is 303 g/mol. The molecule has 1 aliphatic rings. The predicted molar refractivity (Wildman–Crippen MR) is 78.4 cm³/mol. The summed E-state index contributed by atoms with van der Waals surface area (Å²) in [5.74, 6) is 0.398. The molecule has 0 spiro atoms. The number of ketones is 1. The normalized spacial score (nSPS) is 19.2. The Hall–Kier alpha value is -2.01. The molecule has 1 fully saturated rings. The number of nitrogens with zero attached hydrogens (tertiary/aromatic N) is 1. The van der Waals surface area contributed by atoms with E-state index in [1.165, 1.54) is 6.07 Å². The van der Waals surface area contributed by atoms with Crippen LogP contribution in [0.3, 0.4) is 0 Å². The van der Waals surface area contributed by atoms with Gasteiger partial charge >= 0.3 is 0 Å². The average molecular weight is 303 g/mol. The first-order valence-electron chi connectivity index (χ1n) is 7.50. The van der Waals surface area contributed by atoms with E-state index in [1.807, 2.05) is 6.07 Å². The van der Waals surface area contributed by atoms with Gasteiger partial charge in [-0.2, -0.15) is 0 Å². The smallest absolute Gasteiger partial charge is 0.185 e. The summed E-state index contributed by atoms with van der Waals surface area (Å²) < 4.78 is 24.6. The van der Waals surface area contributed by atoms with Gasteiger partial charge < -0.3 is 9.26 Å². The number of carbonyl (C=O) groups is 1. The second kappa shape index (κ2) is 6.83. The van der Waals surface area contributed by atoms with Crippen molar-refractivity contribution in [1.29, 1.82) is 0 Å². The number of benzene rings is 1. The molecule has 2 unspecified atom stereocenters. The molecule has 1 aliphatic heterocycles. The van der Waals surface area contributed by atoms with E-state index < -0.39 is 6.17 Å². The quantitative estimate of drug-likeness (QED) is 0.763. The van der Waals surface area contributed by atoms with Crippen molar-refractivity contribution in [3.63, 3.8) is 0 Å². The van der Waals surface area contributed by atoms with Crippen molar-refractivity contribution >= 4 is 5.78 Å². The number of alkyl halides is 1. The zero-order valence-corrected chi connectivity index (χ0v) is 12.2. The van der Waals surface area contributed by atoms with Gasteiger partial charge in [-0.25, -0.2) is 4.39 Å². The highest BCUT2D eigenvalue weighted by Crippen LogP contribution is 2.27. The average Bonchev–Trinajstić information content (AvgIpc) is 3.24. The molecule has 2 heterocycles. The Balaban J connectivity index is 1.61. The minimum atomic E-state index is -1.40. The van der Waals surface area contributed by atoms with Gasteiger partial charge in [0.25, 0.3) is 0 Å². The standard InChI is InChI=1S/C17H18FNO3/c18-17(13-4-2-1-3-5-13)16-10-14(19-22-16)15(20)7-6-12-8-9-21-11-12/h1-5,10,12,17H,6-9,11H2. The molecule has 1 aromatic heterocycles. The minimum absolute atomic E-state index is 0.0683. The van der Waals surface area contributed by atoms with Gasteiger partial charge in [0, 0.05) is 25.7 Å². The molecule has 1 aromatic carbocycles. The second-order valence-electron chi connectivity index (χ2n) is 5.58. The Labute approximate surface area is 128 Å². The molecule has 0 N–H and O–H groups in total. The lowest BCUT2D eigenvalue weighted by molar-refractivity contribution is 0.0962. The van der Waals surface area contributed by atoms with Gasteiger partial charge in [-0.05, 0) is 24.3 Å². The zero-order chi connectivity index (χ0) is 15.4. The van der Waals surface area contributed by atoms with Crippen LogP contribution in [0, 0.1) is 5.92 Å². The van der Waals surface area contributed by atoms with Crippen LogP contribution in [-0.2, 0) is 4.74 Å². The topological polar surface area (TPSA) is 52.3 Å². The summed E-state index contributed by atoms with van der Waals surface area (Å²) in [6, 6.07) is 10.1. The first-order chi connectivity index (χ1) is 10.7. The van der Waals surface area contributed by atoms with Gasteiger partial charge in [0.05, 0.1) is 0 Å². The Morgan fingerprint density at radius 3 is 2.91 bits per heavy atom. The molecule has 5 heteroatoms. The third-order valence-corrected chi connectivity index (χ3v) is 3.96. The van der Waals surface area contributed by atoms with E-state index >= 15 is 0 Å². The predicted octanol–water partition coefficient (Wildman–Crippen LogP) is 3.73. The Kier molecular flexibility index (Phi) is 4.63. The van der Waals surface area contributed by atoms with E-state index in [2.05, 4.69) is 5.16 Å². The van der Waals surface area contributed by atoms with E-state index in [0.717, 1.165) is 26.1 Å². The van der Waals surface area contributed by atoms with Crippen LogP contribution in [0.15, 0.2) is 40.9 Å². The lowest BCUT2D eigenvalue weighted by Crippen LogP contribution is -2.05. The molecule has 0 saturated carbocycles. The molecule has 1 saturated heterocycles. The lowest BCUT2D eigenvalue weighted by atomic mass is 10.00. The Bertz CT molecular complexity index is 620. The molecule has 2 atom stereocenters. The van der Waals surface area contributed by atoms with Crippen molar-refractivity contribution in [1.82, 2.24) is 5.16 Å². The molecule has 116 valence electrons. The van der Waals surface area contributed by atoms with Gasteiger partial charge in [0.2, 0.25) is 0 Å². The van der Waals surface area contributed by atoms with E-state index in [-0.39, 0.29) is 17.2 Å². The van der Waals surface area contributed by atoms with Crippen LogP contribution in [0.5, 0.6) is 0 Å². The van der Waals surface area contributed by atoms with Gasteiger partial charge in [0.15, 0.2) is 17.7 Å². The highest BCUT2D eigenvalue weighted by atomic mass is 19.1. The zero-order valence-electron chi connectivity index (χ0n) is 12.2. The molecule has 0 radical (unpaired) electrons. The van der Waals surface area contributed by atoms with E-state index in [1.54, 1.807) is 24.3 Å². The fraction of sp³-hybridized carbons (Fsp3) is 0.412. The van der Waals surface area contributed by atoms with Gasteiger partial charge in [-0.3, -0.25) is 4.79 Å². The molecule has 4 nitrogen and oxygen atoms in total. The fourth-order valence-electron chi connectivity index (χ4n) is 2.60. The van der Waals surface area contributed by atoms with Crippen molar-refractivity contribution in [3.8, 4) is 0 Å². The van der Waals surface area contributed by atoms with Crippen LogP contribution in [0.4, 0.5) is 4.39 Å². The van der Waals surface area contributed by atoms with Crippen molar-refractivity contribution in [2.75, 3.05) is 13.2 Å². The maximum atomic E-state index is 14.3. The van der Waals surface area contributed by atoms with Crippen LogP contribution in [0.1, 0.15) is 47.2 Å². The summed E-state index contributed by atoms with van der Waals surface area (Å²) in [5, 5.41) is 3.71. The van der Waals surface area contributed by atoms with Gasteiger partial charge in [-0.1, -0.05) is 35.5 Å². The van der Waals surface area contributed by atoms with E-state index in [9.17, 15) is 9.18 Å². The van der Waals surface area contributed by atoms with Crippen LogP contribution >= 0.6 is 0 Å². The summed E-state index contributed by atoms with van der Waals surface area (Å²) in [4.78, 5) is 12.1. The first kappa shape index (κ1) is 14.9. The summed E-state index contributed by atoms with van der Waals surface area (Å²) in [7, 11) is 0. The van der Waals surface area contributed by atoms with Crippen LogP contribution in [0.25, 0.3) is 0 Å². The minimum Gasteiger partial charge on any atom is -0.381 e. The van der Waals surface area contributed by atoms with Crippen LogP contribution in [0.2, 0.25) is 0 Å². The molecule has 3 rings (SSSR count). The Morgan fingerprint density at radius 1 is 1.36 bits per heavy atom. The van der Waals surface area contributed by atoms with Crippen LogP contribution in [-0.4, -0.2) is 24.2 Å². The highest BCUT2D eigenvalue weighted by Gasteiger charge is 2.22. The number of rotatable bonds is 6. The maximum absolute atomic E-state index is 14.3. The Morgan fingerprint density at radius 2 is 2.18 bits per heavy atom. The number of hydrogen-bond donors (Lipinski definition) is 0. The molecule has 0 amide bonds. The summed E-state index contributed by atoms with van der Waals surface area (Å²) in [6.07, 6.45) is 0.761. The number of carbonyl (C=O) groups excluding carboxylic acids is 1. The van der Waals surface area contributed by atoms with Crippen molar-refractivity contribution in [3.05, 3.63) is 53.4 Å². The number of halogens is 1. The first-order valence-corrected chi connectivity index (χ1v) is 7.50. The number of Topliss-reactive ketones (excluding diaryl/α,β-unsaturated/α-hetero) is 1. The van der Waals surface area contributed by atoms with Gasteiger partial charge in [-0.15, -0.1) is 0 Å². The fourth-order valence-corrected chi connectivity index (χ4v) is 2.60. The molecular weight excluding hydrogens is 285 g/mol. The molecular formula is C17H18FNO3. The van der Waals surface area contributed by atoms with Crippen molar-refractivity contribution in [2.24, 2.45) is 5.92 Å². The molecule has 22 heavy (non-hydrogen) atoms. The molecule has 2 aromatic rings. The van der Waals surface area contributed by atoms with E-state index in [0.29, 0.717) is 17.9 Å². The second-order valence-corrected chi connectivity index (χ2v) is 5.58. The number of aromatic nitrogens is 1. The van der Waals surface area contributed by atoms with Crippen molar-refractivity contribution in [2.45, 2.75) is 25.4 Å². The summed E-state index contributed by atoms with van der Waals surface area (Å²) in [6.45, 7) is 1.49. The third kappa shape index (κ3) is 3.42. The molecule has 0 bridgehead atoms.